The second-order valence-electron chi connectivity index (χ2n) is 5.61. The van der Waals surface area contributed by atoms with Gasteiger partial charge in [-0.2, -0.15) is 10.4 Å². The van der Waals surface area contributed by atoms with E-state index in [9.17, 15) is 14.0 Å². The molecule has 0 atom stereocenters. The van der Waals surface area contributed by atoms with E-state index in [1.807, 2.05) is 30.3 Å². The SMILES string of the molecule is Cc1c(NC(=O)C(=O)Nc2ccc(F)c(C#N)c2)cnn1-c1ccccc1. The van der Waals surface area contributed by atoms with Gasteiger partial charge in [-0.15, -0.1) is 0 Å². The van der Waals surface area contributed by atoms with Crippen LogP contribution in [0.25, 0.3) is 5.69 Å². The molecule has 27 heavy (non-hydrogen) atoms. The van der Waals surface area contributed by atoms with Crippen LogP contribution < -0.4 is 10.6 Å². The number of carbonyl (C=O) groups is 2. The lowest BCUT2D eigenvalue weighted by atomic mass is 10.2. The van der Waals surface area contributed by atoms with E-state index >= 15 is 0 Å². The van der Waals surface area contributed by atoms with Gasteiger partial charge in [0.25, 0.3) is 0 Å². The van der Waals surface area contributed by atoms with Crippen molar-refractivity contribution in [3.63, 3.8) is 0 Å². The molecule has 2 amide bonds. The van der Waals surface area contributed by atoms with Gasteiger partial charge >= 0.3 is 11.8 Å². The molecule has 134 valence electrons. The van der Waals surface area contributed by atoms with Crippen molar-refractivity contribution in [1.29, 1.82) is 5.26 Å². The summed E-state index contributed by atoms with van der Waals surface area (Å²) in [4.78, 5) is 24.2. The molecule has 0 saturated carbocycles. The second kappa shape index (κ2) is 7.49. The summed E-state index contributed by atoms with van der Waals surface area (Å²) in [7, 11) is 0. The van der Waals surface area contributed by atoms with Crippen molar-refractivity contribution in [1.82, 2.24) is 9.78 Å². The molecule has 2 aromatic carbocycles. The number of hydrogen-bond donors (Lipinski definition) is 2. The first kappa shape index (κ1) is 17.8. The number of amides is 2. The van der Waals surface area contributed by atoms with Gasteiger partial charge in [0.05, 0.1) is 28.8 Å². The standard InChI is InChI=1S/C19H14FN5O2/c1-12-17(11-22-25(12)15-5-3-2-4-6-15)24-19(27)18(26)23-14-7-8-16(20)13(9-14)10-21/h2-9,11H,1H3,(H,23,26)(H,24,27). The Kier molecular flexibility index (Phi) is 4.95. The van der Waals surface area contributed by atoms with Gasteiger partial charge in [-0.25, -0.2) is 9.07 Å². The Morgan fingerprint density at radius 3 is 2.52 bits per heavy atom. The maximum Gasteiger partial charge on any atom is 0.314 e. The highest BCUT2D eigenvalue weighted by Gasteiger charge is 2.18. The number of carbonyl (C=O) groups excluding carboxylic acids is 2. The quantitative estimate of drug-likeness (QED) is 0.699. The lowest BCUT2D eigenvalue weighted by molar-refractivity contribution is -0.133. The first-order valence-corrected chi connectivity index (χ1v) is 7.91. The van der Waals surface area contributed by atoms with Crippen molar-refractivity contribution in [2.45, 2.75) is 6.92 Å². The van der Waals surface area contributed by atoms with E-state index in [1.54, 1.807) is 17.7 Å². The predicted molar refractivity (Wildman–Crippen MR) is 96.7 cm³/mol. The Hall–Kier alpha value is -3.99. The second-order valence-corrected chi connectivity index (χ2v) is 5.61. The number of para-hydroxylation sites is 1. The smallest absolute Gasteiger partial charge is 0.314 e. The van der Waals surface area contributed by atoms with Gasteiger partial charge < -0.3 is 10.6 Å². The van der Waals surface area contributed by atoms with Crippen molar-refractivity contribution in [2.75, 3.05) is 10.6 Å². The summed E-state index contributed by atoms with van der Waals surface area (Å²) < 4.78 is 14.9. The van der Waals surface area contributed by atoms with Crippen LogP contribution in [0, 0.1) is 24.1 Å². The minimum atomic E-state index is -0.947. The van der Waals surface area contributed by atoms with Crippen LogP contribution >= 0.6 is 0 Å². The predicted octanol–water partition coefficient (Wildman–Crippen LogP) is 2.77. The summed E-state index contributed by atoms with van der Waals surface area (Å²) in [6, 6.07) is 14.4. The summed E-state index contributed by atoms with van der Waals surface area (Å²) in [5, 5.41) is 17.8. The highest BCUT2D eigenvalue weighted by atomic mass is 19.1. The average molecular weight is 363 g/mol. The molecule has 0 aliphatic rings. The van der Waals surface area contributed by atoms with Gasteiger partial charge in [-0.05, 0) is 37.3 Å². The van der Waals surface area contributed by atoms with Gasteiger partial charge in [-0.3, -0.25) is 9.59 Å². The molecule has 3 aromatic rings. The Bertz CT molecular complexity index is 1050. The number of nitrogens with one attached hydrogen (secondary N) is 2. The summed E-state index contributed by atoms with van der Waals surface area (Å²) in [6.07, 6.45) is 1.44. The van der Waals surface area contributed by atoms with Crippen LogP contribution in [0.4, 0.5) is 15.8 Å². The number of anilines is 2. The molecule has 1 heterocycles. The van der Waals surface area contributed by atoms with Gasteiger partial charge in [0.15, 0.2) is 0 Å². The van der Waals surface area contributed by atoms with Crippen LogP contribution in [-0.4, -0.2) is 21.6 Å². The zero-order valence-corrected chi connectivity index (χ0v) is 14.2. The fraction of sp³-hybridized carbons (Fsp3) is 0.0526. The molecule has 8 heteroatoms. The molecular weight excluding hydrogens is 349 g/mol. The van der Waals surface area contributed by atoms with E-state index in [4.69, 9.17) is 5.26 Å². The van der Waals surface area contributed by atoms with E-state index in [0.29, 0.717) is 11.4 Å². The average Bonchev–Trinajstić information content (AvgIpc) is 3.04. The summed E-state index contributed by atoms with van der Waals surface area (Å²) >= 11 is 0. The van der Waals surface area contributed by atoms with Crippen LogP contribution in [-0.2, 0) is 9.59 Å². The highest BCUT2D eigenvalue weighted by molar-refractivity contribution is 6.43. The van der Waals surface area contributed by atoms with Crippen LogP contribution in [0.3, 0.4) is 0 Å². The number of benzene rings is 2. The minimum Gasteiger partial charge on any atom is -0.318 e. The van der Waals surface area contributed by atoms with Gasteiger partial charge in [0.2, 0.25) is 0 Å². The Balaban J connectivity index is 1.71. The van der Waals surface area contributed by atoms with Crippen LogP contribution in [0.5, 0.6) is 0 Å². The zero-order valence-electron chi connectivity index (χ0n) is 14.2. The van der Waals surface area contributed by atoms with Crippen LogP contribution in [0.15, 0.2) is 54.7 Å². The Morgan fingerprint density at radius 1 is 1.11 bits per heavy atom. The molecule has 3 rings (SSSR count). The number of halogens is 1. The number of nitriles is 1. The van der Waals surface area contributed by atoms with E-state index in [-0.39, 0.29) is 11.3 Å². The third-order valence-electron chi connectivity index (χ3n) is 3.81. The third-order valence-corrected chi connectivity index (χ3v) is 3.81. The molecule has 1 aromatic heterocycles. The molecule has 0 aliphatic heterocycles. The monoisotopic (exact) mass is 363 g/mol. The Morgan fingerprint density at radius 2 is 1.81 bits per heavy atom. The molecule has 0 aliphatic carbocycles. The third kappa shape index (κ3) is 3.82. The summed E-state index contributed by atoms with van der Waals surface area (Å²) in [6.45, 7) is 1.76. The van der Waals surface area contributed by atoms with Crippen molar-refractivity contribution < 1.29 is 14.0 Å². The van der Waals surface area contributed by atoms with Gasteiger partial charge in [-0.1, -0.05) is 18.2 Å². The molecular formula is C19H14FN5O2. The number of nitrogens with zero attached hydrogens (tertiary/aromatic N) is 3. The van der Waals surface area contributed by atoms with E-state index in [1.165, 1.54) is 12.3 Å². The fourth-order valence-electron chi connectivity index (χ4n) is 2.42. The van der Waals surface area contributed by atoms with Crippen molar-refractivity contribution >= 4 is 23.2 Å². The van der Waals surface area contributed by atoms with Crippen molar-refractivity contribution in [2.24, 2.45) is 0 Å². The molecule has 0 saturated heterocycles. The van der Waals surface area contributed by atoms with E-state index < -0.39 is 17.6 Å². The number of hydrogen-bond acceptors (Lipinski definition) is 4. The molecule has 7 nitrogen and oxygen atoms in total. The number of rotatable bonds is 3. The maximum atomic E-state index is 13.3. The maximum absolute atomic E-state index is 13.3. The minimum absolute atomic E-state index is 0.143. The van der Waals surface area contributed by atoms with Gasteiger partial charge in [0, 0.05) is 5.69 Å². The summed E-state index contributed by atoms with van der Waals surface area (Å²) in [5.41, 5.74) is 1.76. The van der Waals surface area contributed by atoms with Gasteiger partial charge in [0.1, 0.15) is 11.9 Å². The Labute approximate surface area is 154 Å². The van der Waals surface area contributed by atoms with E-state index in [0.717, 1.165) is 17.8 Å². The normalized spacial score (nSPS) is 10.1. The largest absolute Gasteiger partial charge is 0.318 e. The summed E-state index contributed by atoms with van der Waals surface area (Å²) in [5.74, 6) is -2.56. The molecule has 0 radical (unpaired) electrons. The first-order chi connectivity index (χ1) is 13.0. The van der Waals surface area contributed by atoms with E-state index in [2.05, 4.69) is 15.7 Å². The topological polar surface area (TPSA) is 99.8 Å². The molecule has 0 unspecified atom stereocenters. The molecule has 0 bridgehead atoms. The molecule has 0 fully saturated rings. The van der Waals surface area contributed by atoms with Crippen molar-refractivity contribution in [3.05, 3.63) is 71.8 Å². The number of aromatic nitrogens is 2. The lowest BCUT2D eigenvalue weighted by Gasteiger charge is -2.08. The van der Waals surface area contributed by atoms with Crippen molar-refractivity contribution in [3.8, 4) is 11.8 Å². The molecule has 2 N–H and O–H groups in total. The first-order valence-electron chi connectivity index (χ1n) is 7.91. The zero-order chi connectivity index (χ0) is 19.4. The lowest BCUT2D eigenvalue weighted by Crippen LogP contribution is -2.29. The van der Waals surface area contributed by atoms with Crippen LogP contribution in [0.2, 0.25) is 0 Å². The fourth-order valence-corrected chi connectivity index (χ4v) is 2.42. The molecule has 0 spiro atoms. The highest BCUT2D eigenvalue weighted by Crippen LogP contribution is 2.18. The van der Waals surface area contributed by atoms with Crippen LogP contribution in [0.1, 0.15) is 11.3 Å².